The van der Waals surface area contributed by atoms with Gasteiger partial charge >= 0.3 is 0 Å². The number of carbonyl (C=O) groups is 1. The Hall–Kier alpha value is -2.13. The number of pyridine rings is 1. The van der Waals surface area contributed by atoms with Crippen molar-refractivity contribution in [3.63, 3.8) is 0 Å². The summed E-state index contributed by atoms with van der Waals surface area (Å²) in [4.78, 5) is 16.2. The number of anilines is 2. The molecule has 0 aliphatic rings. The second kappa shape index (κ2) is 6.35. The van der Waals surface area contributed by atoms with E-state index in [2.05, 4.69) is 19.5 Å². The first-order valence-corrected chi connectivity index (χ1v) is 6.61. The topological polar surface area (TPSA) is 54.5 Å². The lowest BCUT2D eigenvalue weighted by molar-refractivity contribution is -0.107. The maximum absolute atomic E-state index is 10.7. The monoisotopic (exact) mass is 289 g/mol. The van der Waals surface area contributed by atoms with Gasteiger partial charge in [-0.15, -0.1) is 9.24 Å². The van der Waals surface area contributed by atoms with Crippen molar-refractivity contribution in [2.24, 2.45) is 0 Å². The van der Waals surface area contributed by atoms with Crippen molar-refractivity contribution in [2.45, 2.75) is 0 Å². The molecule has 0 radical (unpaired) electrons. The van der Waals surface area contributed by atoms with Crippen LogP contribution < -0.4 is 20.3 Å². The maximum Gasteiger partial charge on any atom is 0.215 e. The molecule has 0 spiro atoms. The number of nitrogens with zero attached hydrogens (tertiary/aromatic N) is 2. The van der Waals surface area contributed by atoms with Crippen molar-refractivity contribution in [2.75, 3.05) is 24.3 Å². The average Bonchev–Trinajstić information content (AvgIpc) is 2.47. The van der Waals surface area contributed by atoms with Crippen molar-refractivity contribution in [1.29, 1.82) is 0 Å². The van der Waals surface area contributed by atoms with Crippen LogP contribution in [0.25, 0.3) is 0 Å². The van der Waals surface area contributed by atoms with E-state index in [1.165, 1.54) is 4.90 Å². The van der Waals surface area contributed by atoms with Crippen LogP contribution in [0.1, 0.15) is 0 Å². The molecule has 5 nitrogen and oxygen atoms in total. The minimum absolute atomic E-state index is 0.537. The third-order valence-electron chi connectivity index (χ3n) is 2.76. The van der Waals surface area contributed by atoms with Crippen LogP contribution in [0.2, 0.25) is 0 Å². The summed E-state index contributed by atoms with van der Waals surface area (Å²) in [7, 11) is 6.16. The summed E-state index contributed by atoms with van der Waals surface area (Å²) >= 11 is 0. The molecule has 1 aromatic carbocycles. The minimum atomic E-state index is 0.537. The van der Waals surface area contributed by atoms with Crippen molar-refractivity contribution >= 4 is 32.5 Å². The summed E-state index contributed by atoms with van der Waals surface area (Å²) in [6.07, 6.45) is 2.31. The number of hydrogen-bond acceptors (Lipinski definition) is 4. The Morgan fingerprint density at radius 3 is 2.70 bits per heavy atom. The van der Waals surface area contributed by atoms with Gasteiger partial charge in [-0.05, 0) is 29.6 Å². The molecule has 1 heterocycles. The summed E-state index contributed by atoms with van der Waals surface area (Å²) in [5.74, 6) is 1.89. The quantitative estimate of drug-likeness (QED) is 0.676. The molecule has 0 saturated carbocycles. The predicted octanol–water partition coefficient (Wildman–Crippen LogP) is 2.01. The lowest BCUT2D eigenvalue weighted by Crippen LogP contribution is -2.14. The normalized spacial score (nSPS) is 9.95. The fourth-order valence-electron chi connectivity index (χ4n) is 1.68. The molecular weight excluding hydrogens is 273 g/mol. The molecule has 0 bridgehead atoms. The van der Waals surface area contributed by atoms with Crippen molar-refractivity contribution in [1.82, 2.24) is 4.98 Å². The summed E-state index contributed by atoms with van der Waals surface area (Å²) in [6, 6.07) is 9.19. The van der Waals surface area contributed by atoms with Gasteiger partial charge in [0.2, 0.25) is 6.41 Å². The van der Waals surface area contributed by atoms with E-state index in [-0.39, 0.29) is 0 Å². The van der Waals surface area contributed by atoms with E-state index in [0.29, 0.717) is 18.0 Å². The Morgan fingerprint density at radius 2 is 2.05 bits per heavy atom. The van der Waals surface area contributed by atoms with Crippen molar-refractivity contribution < 1.29 is 9.53 Å². The summed E-state index contributed by atoms with van der Waals surface area (Å²) in [5, 5.41) is 4.10. The lowest BCUT2D eigenvalue weighted by Gasteiger charge is -2.12. The zero-order valence-electron chi connectivity index (χ0n) is 11.3. The molecule has 0 aliphatic heterocycles. The highest BCUT2D eigenvalue weighted by Gasteiger charge is 2.05. The molecular formula is C14H16N3O2P. The van der Waals surface area contributed by atoms with Gasteiger partial charge in [-0.3, -0.25) is 4.79 Å². The van der Waals surface area contributed by atoms with Crippen LogP contribution in [0.4, 0.5) is 11.5 Å². The molecule has 2 aromatic rings. The fraction of sp³-hybridized carbons (Fsp3) is 0.143. The predicted molar refractivity (Wildman–Crippen MR) is 84.1 cm³/mol. The molecule has 1 atom stereocenters. The van der Waals surface area contributed by atoms with Gasteiger partial charge in [0.25, 0.3) is 0 Å². The van der Waals surface area contributed by atoms with Crippen LogP contribution in [0, 0.1) is 0 Å². The smallest absolute Gasteiger partial charge is 0.215 e. The highest BCUT2D eigenvalue weighted by atomic mass is 31.0. The highest BCUT2D eigenvalue weighted by molar-refractivity contribution is 7.28. The highest BCUT2D eigenvalue weighted by Crippen LogP contribution is 2.24. The second-order valence-electron chi connectivity index (χ2n) is 4.17. The number of aromatic nitrogens is 1. The van der Waals surface area contributed by atoms with Crippen molar-refractivity contribution in [3.8, 4) is 11.5 Å². The molecule has 20 heavy (non-hydrogen) atoms. The molecule has 1 N–H and O–H groups in total. The minimum Gasteiger partial charge on any atom is -0.457 e. The van der Waals surface area contributed by atoms with Gasteiger partial charge in [-0.25, -0.2) is 4.98 Å². The number of carbonyl (C=O) groups excluding carboxylic acids is 1. The standard InChI is InChI=1S/C14H16N3O2P/c1-15-12-4-3-10(7-13(12)20)19-11-5-6-16-14(8-11)17(2)9-18/h3-9,15H,20H2,1-2H3. The molecule has 1 aromatic heterocycles. The number of amides is 1. The number of benzene rings is 1. The Bertz CT molecular complexity index is 619. The average molecular weight is 289 g/mol. The van der Waals surface area contributed by atoms with Crippen molar-refractivity contribution in [3.05, 3.63) is 36.5 Å². The number of rotatable bonds is 5. The van der Waals surface area contributed by atoms with E-state index in [4.69, 9.17) is 4.74 Å². The van der Waals surface area contributed by atoms with Crippen LogP contribution in [0.15, 0.2) is 36.5 Å². The van der Waals surface area contributed by atoms with Crippen LogP contribution in [-0.2, 0) is 4.79 Å². The fourth-order valence-corrected chi connectivity index (χ4v) is 2.08. The molecule has 104 valence electrons. The van der Waals surface area contributed by atoms with Gasteiger partial charge in [0, 0.05) is 32.0 Å². The zero-order valence-corrected chi connectivity index (χ0v) is 12.5. The lowest BCUT2D eigenvalue weighted by atomic mass is 10.3. The first kappa shape index (κ1) is 14.3. The van der Waals surface area contributed by atoms with E-state index in [1.54, 1.807) is 25.4 Å². The summed E-state index contributed by atoms with van der Waals surface area (Å²) < 4.78 is 5.77. The van der Waals surface area contributed by atoms with Gasteiger partial charge in [-0.1, -0.05) is 0 Å². The first-order chi connectivity index (χ1) is 9.63. The molecule has 0 aliphatic carbocycles. The van der Waals surface area contributed by atoms with Gasteiger partial charge in [-0.2, -0.15) is 0 Å². The second-order valence-corrected chi connectivity index (χ2v) is 4.79. The van der Waals surface area contributed by atoms with Crippen LogP contribution in [0.5, 0.6) is 11.5 Å². The van der Waals surface area contributed by atoms with E-state index in [1.807, 2.05) is 25.2 Å². The van der Waals surface area contributed by atoms with Crippen LogP contribution >= 0.6 is 9.24 Å². The summed E-state index contributed by atoms with van der Waals surface area (Å²) in [5.41, 5.74) is 1.03. The van der Waals surface area contributed by atoms with Crippen LogP contribution in [-0.4, -0.2) is 25.5 Å². The Kier molecular flexibility index (Phi) is 4.53. The van der Waals surface area contributed by atoms with Gasteiger partial charge in [0.1, 0.15) is 17.3 Å². The molecule has 0 fully saturated rings. The van der Waals surface area contributed by atoms with Gasteiger partial charge in [0.15, 0.2) is 0 Å². The SMILES string of the molecule is CNc1ccc(Oc2ccnc(N(C)C=O)c2)cc1P. The van der Waals surface area contributed by atoms with E-state index in [0.717, 1.165) is 16.7 Å². The summed E-state index contributed by atoms with van der Waals surface area (Å²) in [6.45, 7) is 0. The zero-order chi connectivity index (χ0) is 14.5. The molecule has 0 saturated heterocycles. The molecule has 2 rings (SSSR count). The number of nitrogens with one attached hydrogen (secondary N) is 1. The first-order valence-electron chi connectivity index (χ1n) is 6.03. The third kappa shape index (κ3) is 3.25. The van der Waals surface area contributed by atoms with Gasteiger partial charge in [0.05, 0.1) is 0 Å². The number of hydrogen-bond donors (Lipinski definition) is 1. The Morgan fingerprint density at radius 1 is 1.30 bits per heavy atom. The number of ether oxygens (including phenoxy) is 1. The van der Waals surface area contributed by atoms with E-state index < -0.39 is 0 Å². The largest absolute Gasteiger partial charge is 0.457 e. The molecule has 1 amide bonds. The van der Waals surface area contributed by atoms with Gasteiger partial charge < -0.3 is 15.0 Å². The Labute approximate surface area is 120 Å². The van der Waals surface area contributed by atoms with E-state index in [9.17, 15) is 4.79 Å². The molecule has 1 unspecified atom stereocenters. The molecule has 6 heteroatoms. The maximum atomic E-state index is 10.7. The van der Waals surface area contributed by atoms with Crippen LogP contribution in [0.3, 0.4) is 0 Å². The third-order valence-corrected chi connectivity index (χ3v) is 3.24. The van der Waals surface area contributed by atoms with E-state index >= 15 is 0 Å². The Balaban J connectivity index is 2.21.